The molecule has 7 heteroatoms. The Morgan fingerprint density at radius 1 is 1.23 bits per heavy atom. The van der Waals surface area contributed by atoms with Crippen molar-refractivity contribution in [3.05, 3.63) is 42.1 Å². The predicted molar refractivity (Wildman–Crippen MR) is 78.7 cm³/mol. The van der Waals surface area contributed by atoms with Crippen LogP contribution in [0.3, 0.4) is 0 Å². The maximum absolute atomic E-state index is 12.9. The molecule has 0 aliphatic rings. The van der Waals surface area contributed by atoms with Crippen LogP contribution in [0.15, 0.2) is 36.5 Å². The number of halogens is 3. The van der Waals surface area contributed by atoms with Crippen LogP contribution in [0.25, 0.3) is 11.1 Å². The normalized spacial score (nSPS) is 11.1. The Morgan fingerprint density at radius 3 is 2.55 bits per heavy atom. The summed E-state index contributed by atoms with van der Waals surface area (Å²) >= 11 is 0. The van der Waals surface area contributed by atoms with Crippen molar-refractivity contribution in [1.82, 2.24) is 4.98 Å². The van der Waals surface area contributed by atoms with Crippen LogP contribution in [-0.4, -0.2) is 25.5 Å². The van der Waals surface area contributed by atoms with E-state index in [1.165, 1.54) is 0 Å². The van der Waals surface area contributed by atoms with Crippen LogP contribution in [0.5, 0.6) is 0 Å². The SMILES string of the molecule is CN(C)c1ncc(C(F)(F)F)cc1-c1cccc(NC=O)c1. The summed E-state index contributed by atoms with van der Waals surface area (Å²) < 4.78 is 38.7. The van der Waals surface area contributed by atoms with Gasteiger partial charge in [0.25, 0.3) is 0 Å². The van der Waals surface area contributed by atoms with E-state index < -0.39 is 11.7 Å². The summed E-state index contributed by atoms with van der Waals surface area (Å²) in [6.07, 6.45) is -3.14. The van der Waals surface area contributed by atoms with Gasteiger partial charge in [-0.15, -0.1) is 0 Å². The zero-order valence-electron chi connectivity index (χ0n) is 12.0. The van der Waals surface area contributed by atoms with Crippen LogP contribution in [0.4, 0.5) is 24.7 Å². The molecule has 0 aliphatic heterocycles. The number of pyridine rings is 1. The third kappa shape index (κ3) is 3.36. The molecule has 0 aliphatic carbocycles. The Labute approximate surface area is 125 Å². The summed E-state index contributed by atoms with van der Waals surface area (Å²) in [6.45, 7) is 0. The molecule has 2 aromatic rings. The van der Waals surface area contributed by atoms with E-state index >= 15 is 0 Å². The molecule has 116 valence electrons. The molecule has 0 saturated carbocycles. The van der Waals surface area contributed by atoms with E-state index in [9.17, 15) is 18.0 Å². The molecule has 0 fully saturated rings. The highest BCUT2D eigenvalue weighted by Gasteiger charge is 2.32. The highest BCUT2D eigenvalue weighted by Crippen LogP contribution is 2.36. The van der Waals surface area contributed by atoms with Gasteiger partial charge in [-0.2, -0.15) is 13.2 Å². The molecular formula is C15H14F3N3O. The van der Waals surface area contributed by atoms with Gasteiger partial charge in [-0.3, -0.25) is 4.79 Å². The van der Waals surface area contributed by atoms with Crippen LogP contribution in [0.2, 0.25) is 0 Å². The van der Waals surface area contributed by atoms with Crippen LogP contribution in [0.1, 0.15) is 5.56 Å². The third-order valence-corrected chi connectivity index (χ3v) is 3.02. The van der Waals surface area contributed by atoms with Gasteiger partial charge < -0.3 is 10.2 Å². The van der Waals surface area contributed by atoms with Gasteiger partial charge in [-0.1, -0.05) is 12.1 Å². The lowest BCUT2D eigenvalue weighted by molar-refractivity contribution is -0.137. The maximum atomic E-state index is 12.9. The standard InChI is InChI=1S/C15H14F3N3O/c1-21(2)14-13(7-11(8-19-14)15(16,17)18)10-4-3-5-12(6-10)20-9-22/h3-9H,1-2H3,(H,20,22). The summed E-state index contributed by atoms with van der Waals surface area (Å²) in [5, 5.41) is 2.47. The van der Waals surface area contributed by atoms with Gasteiger partial charge in [0, 0.05) is 31.5 Å². The Hall–Kier alpha value is -2.57. The molecule has 4 nitrogen and oxygen atoms in total. The molecule has 0 atom stereocenters. The molecule has 0 bridgehead atoms. The number of alkyl halides is 3. The van der Waals surface area contributed by atoms with Gasteiger partial charge in [0.2, 0.25) is 6.41 Å². The molecule has 22 heavy (non-hydrogen) atoms. The van der Waals surface area contributed by atoms with Crippen molar-refractivity contribution >= 4 is 17.9 Å². The van der Waals surface area contributed by atoms with Gasteiger partial charge in [0.1, 0.15) is 5.82 Å². The fourth-order valence-electron chi connectivity index (χ4n) is 2.03. The predicted octanol–water partition coefficient (Wildman–Crippen LogP) is 3.40. The van der Waals surface area contributed by atoms with Crippen molar-refractivity contribution < 1.29 is 18.0 Å². The molecule has 0 unspecified atom stereocenters. The largest absolute Gasteiger partial charge is 0.417 e. The Morgan fingerprint density at radius 2 is 1.95 bits per heavy atom. The summed E-state index contributed by atoms with van der Waals surface area (Å²) in [4.78, 5) is 16.0. The summed E-state index contributed by atoms with van der Waals surface area (Å²) in [5.74, 6) is 0.413. The number of carbonyl (C=O) groups is 1. The Kier molecular flexibility index (Phi) is 4.35. The van der Waals surface area contributed by atoms with E-state index in [1.54, 1.807) is 43.3 Å². The number of hydrogen-bond acceptors (Lipinski definition) is 3. The van der Waals surface area contributed by atoms with E-state index in [4.69, 9.17) is 0 Å². The molecule has 0 spiro atoms. The second-order valence-corrected chi connectivity index (χ2v) is 4.83. The number of aromatic nitrogens is 1. The van der Waals surface area contributed by atoms with E-state index in [-0.39, 0.29) is 0 Å². The van der Waals surface area contributed by atoms with Crippen molar-refractivity contribution in [3.8, 4) is 11.1 Å². The zero-order valence-corrected chi connectivity index (χ0v) is 12.0. The highest BCUT2D eigenvalue weighted by atomic mass is 19.4. The number of hydrogen-bond donors (Lipinski definition) is 1. The zero-order chi connectivity index (χ0) is 16.3. The maximum Gasteiger partial charge on any atom is 0.417 e. The number of benzene rings is 1. The van der Waals surface area contributed by atoms with Gasteiger partial charge in [0.15, 0.2) is 0 Å². The fraction of sp³-hybridized carbons (Fsp3) is 0.200. The van der Waals surface area contributed by atoms with E-state index in [0.29, 0.717) is 29.0 Å². The third-order valence-electron chi connectivity index (χ3n) is 3.02. The summed E-state index contributed by atoms with van der Waals surface area (Å²) in [5.41, 5.74) is 0.556. The smallest absolute Gasteiger partial charge is 0.362 e. The first-order valence-corrected chi connectivity index (χ1v) is 6.38. The average molecular weight is 309 g/mol. The topological polar surface area (TPSA) is 45.2 Å². The number of carbonyl (C=O) groups excluding carboxylic acids is 1. The number of nitrogens with one attached hydrogen (secondary N) is 1. The molecule has 1 heterocycles. The summed E-state index contributed by atoms with van der Waals surface area (Å²) in [6, 6.07) is 7.62. The van der Waals surface area contributed by atoms with Gasteiger partial charge >= 0.3 is 6.18 Å². The van der Waals surface area contributed by atoms with Crippen molar-refractivity contribution in [1.29, 1.82) is 0 Å². The van der Waals surface area contributed by atoms with E-state index in [0.717, 1.165) is 12.3 Å². The minimum Gasteiger partial charge on any atom is -0.362 e. The van der Waals surface area contributed by atoms with Crippen LogP contribution in [-0.2, 0) is 11.0 Å². The van der Waals surface area contributed by atoms with Crippen molar-refractivity contribution in [2.24, 2.45) is 0 Å². The Bertz CT molecular complexity index is 684. The number of amides is 1. The van der Waals surface area contributed by atoms with E-state index in [2.05, 4.69) is 10.3 Å². The summed E-state index contributed by atoms with van der Waals surface area (Å²) in [7, 11) is 3.40. The molecule has 0 saturated heterocycles. The number of rotatable bonds is 4. The molecular weight excluding hydrogens is 295 g/mol. The Balaban J connectivity index is 2.60. The molecule has 1 amide bonds. The molecule has 1 N–H and O–H groups in total. The first-order valence-electron chi connectivity index (χ1n) is 6.38. The lowest BCUT2D eigenvalue weighted by atomic mass is 10.0. The van der Waals surface area contributed by atoms with Crippen molar-refractivity contribution in [3.63, 3.8) is 0 Å². The highest BCUT2D eigenvalue weighted by molar-refractivity contribution is 5.81. The molecule has 2 rings (SSSR count). The van der Waals surface area contributed by atoms with Crippen LogP contribution in [0, 0.1) is 0 Å². The molecule has 1 aromatic heterocycles. The lowest BCUT2D eigenvalue weighted by Gasteiger charge is -2.18. The minimum atomic E-state index is -4.47. The van der Waals surface area contributed by atoms with Crippen molar-refractivity contribution in [2.75, 3.05) is 24.3 Å². The molecule has 0 radical (unpaired) electrons. The quantitative estimate of drug-likeness (QED) is 0.880. The van der Waals surface area contributed by atoms with E-state index in [1.807, 2.05) is 0 Å². The second kappa shape index (κ2) is 6.05. The fourth-order valence-corrected chi connectivity index (χ4v) is 2.03. The number of nitrogens with zero attached hydrogens (tertiary/aromatic N) is 2. The molecule has 1 aromatic carbocycles. The average Bonchev–Trinajstić information content (AvgIpc) is 2.46. The van der Waals surface area contributed by atoms with Gasteiger partial charge in [0.05, 0.1) is 5.56 Å². The monoisotopic (exact) mass is 309 g/mol. The van der Waals surface area contributed by atoms with Gasteiger partial charge in [-0.05, 0) is 23.8 Å². The minimum absolute atomic E-state index is 0.342. The first kappa shape index (κ1) is 15.8. The van der Waals surface area contributed by atoms with Crippen molar-refractivity contribution in [2.45, 2.75) is 6.18 Å². The first-order chi connectivity index (χ1) is 10.3. The van der Waals surface area contributed by atoms with Crippen LogP contribution >= 0.6 is 0 Å². The second-order valence-electron chi connectivity index (χ2n) is 4.83. The van der Waals surface area contributed by atoms with Gasteiger partial charge in [-0.25, -0.2) is 4.98 Å². The van der Waals surface area contributed by atoms with Crippen LogP contribution < -0.4 is 10.2 Å². The number of anilines is 2. The lowest BCUT2D eigenvalue weighted by Crippen LogP contribution is -2.14.